The third-order valence-electron chi connectivity index (χ3n) is 6.68. The molecule has 3 N–H and O–H groups in total. The molecule has 2 heterocycles. The van der Waals surface area contributed by atoms with Crippen LogP contribution in [0.15, 0.2) is 48.5 Å². The first-order chi connectivity index (χ1) is 14.5. The van der Waals surface area contributed by atoms with Crippen molar-refractivity contribution in [2.45, 2.75) is 57.0 Å². The van der Waals surface area contributed by atoms with E-state index in [0.717, 1.165) is 19.3 Å². The Labute approximate surface area is 176 Å². The second-order valence-corrected chi connectivity index (χ2v) is 8.69. The van der Waals surface area contributed by atoms with Crippen LogP contribution in [-0.4, -0.2) is 24.7 Å². The molecule has 1 saturated carbocycles. The standard InChI is InChI=1S/C24H29F2N3O/c25-18-5-3-17(4-6-18)16-24-13-11-21(12-14-24)28-22(24)2-1-15-27-23(30)29-20-9-7-19(26)8-10-20/h3-10,21-22,28H,1-2,11-16H2,(H2,27,29,30). The summed E-state index contributed by atoms with van der Waals surface area (Å²) in [5.41, 5.74) is 1.97. The molecule has 6 heteroatoms. The molecule has 2 bridgehead atoms. The fraction of sp³-hybridized carbons (Fsp3) is 0.458. The third kappa shape index (κ3) is 4.98. The van der Waals surface area contributed by atoms with Gasteiger partial charge in [0.05, 0.1) is 0 Å². The highest BCUT2D eigenvalue weighted by Crippen LogP contribution is 2.47. The quantitative estimate of drug-likeness (QED) is 0.559. The maximum Gasteiger partial charge on any atom is 0.319 e. The van der Waals surface area contributed by atoms with Crippen molar-refractivity contribution >= 4 is 11.7 Å². The summed E-state index contributed by atoms with van der Waals surface area (Å²) in [6, 6.07) is 13.4. The van der Waals surface area contributed by atoms with Crippen LogP contribution in [0, 0.1) is 17.0 Å². The van der Waals surface area contributed by atoms with Gasteiger partial charge >= 0.3 is 6.03 Å². The van der Waals surface area contributed by atoms with Crippen molar-refractivity contribution in [3.8, 4) is 0 Å². The van der Waals surface area contributed by atoms with Crippen LogP contribution in [0.2, 0.25) is 0 Å². The zero-order valence-corrected chi connectivity index (χ0v) is 17.1. The minimum atomic E-state index is -0.329. The van der Waals surface area contributed by atoms with E-state index in [4.69, 9.17) is 0 Å². The molecule has 3 fully saturated rings. The fourth-order valence-corrected chi connectivity index (χ4v) is 5.08. The van der Waals surface area contributed by atoms with E-state index < -0.39 is 0 Å². The summed E-state index contributed by atoms with van der Waals surface area (Å²) < 4.78 is 26.2. The van der Waals surface area contributed by atoms with Crippen LogP contribution in [0.3, 0.4) is 0 Å². The van der Waals surface area contributed by atoms with E-state index in [1.165, 1.54) is 55.5 Å². The Morgan fingerprint density at radius 1 is 1.00 bits per heavy atom. The minimum absolute atomic E-state index is 0.191. The Kier molecular flexibility index (Phi) is 6.32. The van der Waals surface area contributed by atoms with Crippen LogP contribution in [0.1, 0.15) is 44.1 Å². The first kappa shape index (κ1) is 20.8. The number of halogens is 2. The number of anilines is 1. The van der Waals surface area contributed by atoms with Crippen LogP contribution in [0.25, 0.3) is 0 Å². The van der Waals surface area contributed by atoms with E-state index in [1.807, 2.05) is 12.1 Å². The van der Waals surface area contributed by atoms with Gasteiger partial charge in [-0.1, -0.05) is 12.1 Å². The van der Waals surface area contributed by atoms with Gasteiger partial charge in [0.2, 0.25) is 0 Å². The predicted octanol–water partition coefficient (Wildman–Crippen LogP) is 5.01. The molecule has 4 nitrogen and oxygen atoms in total. The minimum Gasteiger partial charge on any atom is -0.338 e. The average Bonchev–Trinajstić information content (AvgIpc) is 2.75. The maximum absolute atomic E-state index is 13.3. The topological polar surface area (TPSA) is 53.2 Å². The molecule has 0 aromatic heterocycles. The average molecular weight is 414 g/mol. The number of carbonyl (C=O) groups is 1. The van der Waals surface area contributed by atoms with Gasteiger partial charge in [-0.3, -0.25) is 0 Å². The SMILES string of the molecule is O=C(NCCCC1NC2CCC1(Cc1ccc(F)cc1)CC2)Nc1ccc(F)cc1. The molecule has 0 radical (unpaired) electrons. The van der Waals surface area contributed by atoms with Gasteiger partial charge in [-0.15, -0.1) is 0 Å². The number of piperidine rings is 2. The van der Waals surface area contributed by atoms with Crippen LogP contribution in [-0.2, 0) is 6.42 Å². The molecule has 160 valence electrons. The fourth-order valence-electron chi connectivity index (χ4n) is 5.08. The van der Waals surface area contributed by atoms with Gasteiger partial charge in [-0.25, -0.2) is 13.6 Å². The van der Waals surface area contributed by atoms with E-state index in [9.17, 15) is 13.6 Å². The molecule has 0 spiro atoms. The molecule has 2 saturated heterocycles. The van der Waals surface area contributed by atoms with Gasteiger partial charge < -0.3 is 16.0 Å². The van der Waals surface area contributed by atoms with Crippen LogP contribution >= 0.6 is 0 Å². The second-order valence-electron chi connectivity index (χ2n) is 8.69. The maximum atomic E-state index is 13.3. The molecule has 30 heavy (non-hydrogen) atoms. The number of rotatable bonds is 7. The van der Waals surface area contributed by atoms with Crippen molar-refractivity contribution in [2.75, 3.05) is 11.9 Å². The first-order valence-electron chi connectivity index (χ1n) is 10.8. The highest BCUT2D eigenvalue weighted by atomic mass is 19.1. The van der Waals surface area contributed by atoms with Crippen LogP contribution < -0.4 is 16.0 Å². The summed E-state index contributed by atoms with van der Waals surface area (Å²) in [6.45, 7) is 0.586. The normalized spacial score (nSPS) is 25.1. The Bertz CT molecular complexity index is 846. The molecule has 2 amide bonds. The molecule has 5 rings (SSSR count). The number of hydrogen-bond acceptors (Lipinski definition) is 2. The Hall–Kier alpha value is -2.47. The number of carbonyl (C=O) groups excluding carboxylic acids is 1. The zero-order chi connectivity index (χ0) is 21.0. The highest BCUT2D eigenvalue weighted by Gasteiger charge is 2.46. The van der Waals surface area contributed by atoms with E-state index in [0.29, 0.717) is 24.3 Å². The largest absolute Gasteiger partial charge is 0.338 e. The molecule has 1 aliphatic carbocycles. The summed E-state index contributed by atoms with van der Waals surface area (Å²) in [7, 11) is 0. The number of fused-ring (bicyclic) bond motifs is 3. The van der Waals surface area contributed by atoms with E-state index >= 15 is 0 Å². The van der Waals surface area contributed by atoms with Crippen molar-refractivity contribution in [3.05, 3.63) is 65.7 Å². The summed E-state index contributed by atoms with van der Waals surface area (Å²) in [6.07, 6.45) is 7.65. The second kappa shape index (κ2) is 9.13. The molecular weight excluding hydrogens is 384 g/mol. The number of benzene rings is 2. The molecule has 3 aliphatic rings. The number of nitrogens with one attached hydrogen (secondary N) is 3. The van der Waals surface area contributed by atoms with Crippen molar-refractivity contribution in [2.24, 2.45) is 5.41 Å². The van der Waals surface area contributed by atoms with Gasteiger partial charge in [0, 0.05) is 24.3 Å². The molecule has 2 aromatic rings. The monoisotopic (exact) mass is 413 g/mol. The number of urea groups is 1. The molecule has 1 atom stereocenters. The lowest BCUT2D eigenvalue weighted by Crippen LogP contribution is -2.59. The summed E-state index contributed by atoms with van der Waals surface area (Å²) >= 11 is 0. The lowest BCUT2D eigenvalue weighted by atomic mass is 9.60. The zero-order valence-electron chi connectivity index (χ0n) is 17.1. The van der Waals surface area contributed by atoms with Gasteiger partial charge in [-0.2, -0.15) is 0 Å². The van der Waals surface area contributed by atoms with E-state index in [2.05, 4.69) is 16.0 Å². The highest BCUT2D eigenvalue weighted by molar-refractivity contribution is 5.89. The summed E-state index contributed by atoms with van der Waals surface area (Å²) in [5, 5.41) is 9.42. The van der Waals surface area contributed by atoms with E-state index in [-0.39, 0.29) is 23.1 Å². The Balaban J connectivity index is 1.28. The molecular formula is C24H29F2N3O. The van der Waals surface area contributed by atoms with Gasteiger partial charge in [0.15, 0.2) is 0 Å². The van der Waals surface area contributed by atoms with Crippen molar-refractivity contribution in [1.29, 1.82) is 0 Å². The molecule has 2 aromatic carbocycles. The Morgan fingerprint density at radius 3 is 2.30 bits per heavy atom. The van der Waals surface area contributed by atoms with Gasteiger partial charge in [0.25, 0.3) is 0 Å². The first-order valence-corrected chi connectivity index (χ1v) is 10.8. The van der Waals surface area contributed by atoms with Crippen LogP contribution in [0.5, 0.6) is 0 Å². The smallest absolute Gasteiger partial charge is 0.319 e. The van der Waals surface area contributed by atoms with Crippen molar-refractivity contribution in [1.82, 2.24) is 10.6 Å². The van der Waals surface area contributed by atoms with Gasteiger partial charge in [-0.05, 0) is 92.3 Å². The third-order valence-corrected chi connectivity index (χ3v) is 6.68. The van der Waals surface area contributed by atoms with Crippen molar-refractivity contribution in [3.63, 3.8) is 0 Å². The van der Waals surface area contributed by atoms with Crippen molar-refractivity contribution < 1.29 is 13.6 Å². The Morgan fingerprint density at radius 2 is 1.63 bits per heavy atom. The molecule has 1 unspecified atom stereocenters. The number of hydrogen-bond donors (Lipinski definition) is 3. The lowest BCUT2D eigenvalue weighted by Gasteiger charge is -2.53. The lowest BCUT2D eigenvalue weighted by molar-refractivity contribution is 0.0329. The summed E-state index contributed by atoms with van der Waals surface area (Å²) in [4.78, 5) is 12.0. The summed E-state index contributed by atoms with van der Waals surface area (Å²) in [5.74, 6) is -0.520. The van der Waals surface area contributed by atoms with Crippen LogP contribution in [0.4, 0.5) is 19.3 Å². The predicted molar refractivity (Wildman–Crippen MR) is 114 cm³/mol. The van der Waals surface area contributed by atoms with E-state index in [1.54, 1.807) is 12.1 Å². The van der Waals surface area contributed by atoms with Gasteiger partial charge in [0.1, 0.15) is 11.6 Å². The number of amides is 2. The molecule has 2 aliphatic heterocycles.